The highest BCUT2D eigenvalue weighted by molar-refractivity contribution is 6.37. The molecule has 0 unspecified atom stereocenters. The van der Waals surface area contributed by atoms with Crippen LogP contribution in [0.15, 0.2) is 22.2 Å². The average Bonchev–Trinajstić information content (AvgIpc) is 3.72. The number of nitrogens with one attached hydrogen (secondary N) is 4. The van der Waals surface area contributed by atoms with Gasteiger partial charge in [-0.05, 0) is 47.8 Å². The van der Waals surface area contributed by atoms with Gasteiger partial charge in [0.25, 0.3) is 5.91 Å². The molecule has 4 N–H and O–H groups in total. The standard InChI is InChI=1S/C35H54N6O7/c1-11-14-36-31(46)23(42)16-37-30(45)22-15-21(19(2)3)17-41(22)32(47)29(35(7,8)9)39-33(48)38-24(34(4,5)6)18-40(10)26-25(20-12-13-20)27(43)28(26)44/h11,19-22,24,29H,1,12-18H2,2-10H3,(H,36,46)(H,37,45)(H2,38,39,48)/t21-,22+,24-,29-/m1/s1. The monoisotopic (exact) mass is 670 g/mol. The third kappa shape index (κ3) is 9.10. The molecule has 1 aromatic rings. The Morgan fingerprint density at radius 2 is 1.58 bits per heavy atom. The van der Waals surface area contributed by atoms with Crippen molar-refractivity contribution in [2.75, 3.05) is 38.1 Å². The van der Waals surface area contributed by atoms with Crippen molar-refractivity contribution in [2.24, 2.45) is 22.7 Å². The summed E-state index contributed by atoms with van der Waals surface area (Å²) in [5, 5.41) is 10.8. The van der Waals surface area contributed by atoms with E-state index in [4.69, 9.17) is 0 Å². The van der Waals surface area contributed by atoms with Crippen LogP contribution < -0.4 is 37.0 Å². The lowest BCUT2D eigenvalue weighted by Crippen LogP contribution is -2.61. The van der Waals surface area contributed by atoms with Crippen molar-refractivity contribution in [3.63, 3.8) is 0 Å². The smallest absolute Gasteiger partial charge is 0.315 e. The molecule has 4 atom stereocenters. The molecule has 1 aliphatic heterocycles. The van der Waals surface area contributed by atoms with Gasteiger partial charge in [0.15, 0.2) is 0 Å². The second kappa shape index (κ2) is 15.0. The number of hydrogen-bond acceptors (Lipinski definition) is 8. The summed E-state index contributed by atoms with van der Waals surface area (Å²) in [7, 11) is 1.74. The van der Waals surface area contributed by atoms with Gasteiger partial charge >= 0.3 is 6.03 Å². The molecule has 13 heteroatoms. The Balaban J connectivity index is 1.76. The Morgan fingerprint density at radius 1 is 0.958 bits per heavy atom. The first-order chi connectivity index (χ1) is 22.2. The van der Waals surface area contributed by atoms with Gasteiger partial charge in [0.1, 0.15) is 12.1 Å². The minimum absolute atomic E-state index is 0.00229. The number of likely N-dealkylation sites (tertiary alicyclic amines) is 1. The Morgan fingerprint density at radius 3 is 2.10 bits per heavy atom. The Bertz CT molecular complexity index is 1480. The Kier molecular flexibility index (Phi) is 12.0. The average molecular weight is 671 g/mol. The van der Waals surface area contributed by atoms with Crippen molar-refractivity contribution in [2.45, 2.75) is 98.7 Å². The van der Waals surface area contributed by atoms with Crippen molar-refractivity contribution in [3.05, 3.63) is 38.7 Å². The molecular formula is C35H54N6O7. The lowest BCUT2D eigenvalue weighted by molar-refractivity contribution is -0.142. The first-order valence-corrected chi connectivity index (χ1v) is 16.8. The molecule has 1 aromatic carbocycles. The molecule has 5 amide bonds. The molecule has 0 radical (unpaired) electrons. The van der Waals surface area contributed by atoms with Crippen LogP contribution in [0.4, 0.5) is 10.5 Å². The summed E-state index contributed by atoms with van der Waals surface area (Å²) in [6.45, 7) is 19.0. The molecule has 48 heavy (non-hydrogen) atoms. The molecule has 1 aliphatic carbocycles. The lowest BCUT2D eigenvalue weighted by Gasteiger charge is -2.38. The number of carbonyl (C=O) groups is 5. The van der Waals surface area contributed by atoms with Gasteiger partial charge in [-0.15, -0.1) is 6.58 Å². The Hall–Kier alpha value is -4.03. The highest BCUT2D eigenvalue weighted by Crippen LogP contribution is 2.42. The maximum absolute atomic E-state index is 14.2. The molecule has 1 saturated carbocycles. The molecule has 2 fully saturated rings. The second-order valence-corrected chi connectivity index (χ2v) is 15.8. The first-order valence-electron chi connectivity index (χ1n) is 16.8. The quantitative estimate of drug-likeness (QED) is 0.171. The topological polar surface area (TPSA) is 174 Å². The number of amides is 5. The van der Waals surface area contributed by atoms with E-state index >= 15 is 0 Å². The van der Waals surface area contributed by atoms with Crippen LogP contribution in [0.25, 0.3) is 0 Å². The van der Waals surface area contributed by atoms with Crippen LogP contribution in [0, 0.1) is 22.7 Å². The summed E-state index contributed by atoms with van der Waals surface area (Å²) in [6.07, 6.45) is 3.58. The number of ketones is 1. The fourth-order valence-corrected chi connectivity index (χ4v) is 6.05. The van der Waals surface area contributed by atoms with Crippen molar-refractivity contribution < 1.29 is 24.0 Å². The van der Waals surface area contributed by atoms with Crippen molar-refractivity contribution in [1.29, 1.82) is 0 Å². The van der Waals surface area contributed by atoms with Crippen LogP contribution in [0.2, 0.25) is 0 Å². The van der Waals surface area contributed by atoms with Gasteiger partial charge in [-0.2, -0.15) is 0 Å². The number of anilines is 1. The predicted molar refractivity (Wildman–Crippen MR) is 184 cm³/mol. The molecule has 2 aliphatic rings. The van der Waals surface area contributed by atoms with E-state index in [1.54, 1.807) is 11.9 Å². The number of hydrogen-bond donors (Lipinski definition) is 4. The normalized spacial score (nSPS) is 19.4. The van der Waals surface area contributed by atoms with Gasteiger partial charge in [0.05, 0.1) is 18.3 Å². The van der Waals surface area contributed by atoms with Gasteiger partial charge in [-0.1, -0.05) is 61.5 Å². The number of carbonyl (C=O) groups excluding carboxylic acids is 5. The summed E-state index contributed by atoms with van der Waals surface area (Å²) in [5.41, 5.74) is -1.12. The fraction of sp³-hybridized carbons (Fsp3) is 0.686. The predicted octanol–water partition coefficient (Wildman–Crippen LogP) is 1.59. The zero-order valence-electron chi connectivity index (χ0n) is 30.0. The van der Waals surface area contributed by atoms with Gasteiger partial charge in [0, 0.05) is 32.2 Å². The highest BCUT2D eigenvalue weighted by atomic mass is 16.2. The fourth-order valence-electron chi connectivity index (χ4n) is 6.05. The summed E-state index contributed by atoms with van der Waals surface area (Å²) in [5.74, 6) is -2.35. The van der Waals surface area contributed by atoms with Gasteiger partial charge in [0.2, 0.25) is 28.5 Å². The SMILES string of the molecule is C=CCNC(=O)C(=O)CNC(=O)[C@@H]1C[C@@H](C(C)C)CN1C(=O)[C@@H](NC(=O)N[C@H](CN(C)c1c(C2CC2)c(=O)c1=O)C(C)(C)C)C(C)(C)C. The maximum Gasteiger partial charge on any atom is 0.315 e. The van der Waals surface area contributed by atoms with E-state index in [0.29, 0.717) is 24.2 Å². The molecule has 1 saturated heterocycles. The van der Waals surface area contributed by atoms with E-state index in [1.165, 1.54) is 11.0 Å². The molecular weight excluding hydrogens is 616 g/mol. The van der Waals surface area contributed by atoms with Gasteiger partial charge in [-0.3, -0.25) is 28.8 Å². The van der Waals surface area contributed by atoms with E-state index in [2.05, 4.69) is 27.8 Å². The summed E-state index contributed by atoms with van der Waals surface area (Å²) >= 11 is 0. The van der Waals surface area contributed by atoms with E-state index < -0.39 is 75.9 Å². The molecule has 13 nitrogen and oxygen atoms in total. The van der Waals surface area contributed by atoms with Crippen molar-refractivity contribution in [1.82, 2.24) is 26.2 Å². The zero-order chi connectivity index (χ0) is 36.3. The van der Waals surface area contributed by atoms with Gasteiger partial charge in [-0.25, -0.2) is 4.79 Å². The number of likely N-dealkylation sites (N-methyl/N-ethyl adjacent to an activating group) is 1. The molecule has 266 valence electrons. The van der Waals surface area contributed by atoms with E-state index in [9.17, 15) is 33.6 Å². The van der Waals surface area contributed by atoms with Crippen LogP contribution in [0.5, 0.6) is 0 Å². The highest BCUT2D eigenvalue weighted by Gasteiger charge is 2.46. The van der Waals surface area contributed by atoms with Crippen LogP contribution in [-0.2, 0) is 19.2 Å². The number of nitrogens with zero attached hydrogens (tertiary/aromatic N) is 2. The van der Waals surface area contributed by atoms with E-state index in [1.807, 2.05) is 55.4 Å². The number of urea groups is 1. The minimum atomic E-state index is -1.02. The Labute approximate surface area is 283 Å². The third-order valence-electron chi connectivity index (χ3n) is 9.43. The molecule has 0 spiro atoms. The number of rotatable bonds is 14. The lowest BCUT2D eigenvalue weighted by atomic mass is 9.85. The second-order valence-electron chi connectivity index (χ2n) is 15.8. The van der Waals surface area contributed by atoms with Crippen LogP contribution in [0.3, 0.4) is 0 Å². The minimum Gasteiger partial charge on any atom is -0.369 e. The van der Waals surface area contributed by atoms with Crippen LogP contribution in [0.1, 0.15) is 86.1 Å². The summed E-state index contributed by atoms with van der Waals surface area (Å²) < 4.78 is 0. The molecule has 1 heterocycles. The number of Topliss-reactive ketones (excluding diaryl/α,β-unsaturated/α-hetero) is 1. The molecule has 0 bridgehead atoms. The third-order valence-corrected chi connectivity index (χ3v) is 9.43. The summed E-state index contributed by atoms with van der Waals surface area (Å²) in [6, 6.07) is -2.96. The van der Waals surface area contributed by atoms with Crippen LogP contribution >= 0.6 is 0 Å². The van der Waals surface area contributed by atoms with Crippen LogP contribution in [-0.4, -0.2) is 85.8 Å². The van der Waals surface area contributed by atoms with E-state index in [-0.39, 0.29) is 30.8 Å². The largest absolute Gasteiger partial charge is 0.369 e. The summed E-state index contributed by atoms with van der Waals surface area (Å²) in [4.78, 5) is 93.4. The zero-order valence-corrected chi connectivity index (χ0v) is 30.0. The molecule has 3 rings (SSSR count). The van der Waals surface area contributed by atoms with Crippen molar-refractivity contribution >= 4 is 35.2 Å². The first kappa shape index (κ1) is 38.4. The maximum atomic E-state index is 14.2. The van der Waals surface area contributed by atoms with Gasteiger partial charge < -0.3 is 31.1 Å². The van der Waals surface area contributed by atoms with E-state index in [0.717, 1.165) is 12.8 Å². The van der Waals surface area contributed by atoms with Crippen molar-refractivity contribution in [3.8, 4) is 0 Å². The molecule has 0 aromatic heterocycles.